The van der Waals surface area contributed by atoms with Crippen molar-refractivity contribution in [2.45, 2.75) is 18.9 Å². The van der Waals surface area contributed by atoms with E-state index in [0.29, 0.717) is 11.3 Å². The summed E-state index contributed by atoms with van der Waals surface area (Å²) in [7, 11) is 1.31. The Morgan fingerprint density at radius 1 is 1.21 bits per heavy atom. The number of esters is 1. The van der Waals surface area contributed by atoms with Gasteiger partial charge in [-0.15, -0.1) is 0 Å². The summed E-state index contributed by atoms with van der Waals surface area (Å²) in [5.41, 5.74) is 3.36. The first-order chi connectivity index (χ1) is 14.1. The number of amides is 2. The van der Waals surface area contributed by atoms with Crippen LogP contribution < -0.4 is 15.5 Å². The largest absolute Gasteiger partial charge is 0.468 e. The number of hydrogen-bond donors (Lipinski definition) is 2. The standard InChI is InChI=1S/C22H22FN3O3/c1-29-21(27)19-17(13-26-12-4-6-14-5-2-3-7-18(14)26)24-22(28)25-20(19)15-8-10-16(23)11-9-15/h2-3,5,7-11,13,19-20H,4,6,12H2,1H3,(H2,24,25,28)/b17-13-. The van der Waals surface area contributed by atoms with E-state index in [1.807, 2.05) is 24.4 Å². The summed E-state index contributed by atoms with van der Waals surface area (Å²) in [4.78, 5) is 27.1. The second-order valence-electron chi connectivity index (χ2n) is 7.14. The van der Waals surface area contributed by atoms with E-state index >= 15 is 0 Å². The lowest BCUT2D eigenvalue weighted by Crippen LogP contribution is -2.52. The van der Waals surface area contributed by atoms with Crippen molar-refractivity contribution in [3.05, 3.63) is 77.4 Å². The Hall–Kier alpha value is -3.35. The molecule has 0 saturated carbocycles. The zero-order valence-electron chi connectivity index (χ0n) is 16.0. The van der Waals surface area contributed by atoms with E-state index < -0.39 is 24.0 Å². The molecule has 1 saturated heterocycles. The van der Waals surface area contributed by atoms with Gasteiger partial charge in [-0.1, -0.05) is 30.3 Å². The van der Waals surface area contributed by atoms with Crippen LogP contribution in [0.5, 0.6) is 0 Å². The Bertz CT molecular complexity index is 958. The van der Waals surface area contributed by atoms with Crippen LogP contribution in [0.1, 0.15) is 23.6 Å². The third-order valence-electron chi connectivity index (χ3n) is 5.34. The number of methoxy groups -OCH3 is 1. The van der Waals surface area contributed by atoms with E-state index in [2.05, 4.69) is 21.6 Å². The molecule has 2 aliphatic heterocycles. The lowest BCUT2D eigenvalue weighted by Gasteiger charge is -2.36. The minimum absolute atomic E-state index is 0.385. The van der Waals surface area contributed by atoms with Crippen LogP contribution in [0.3, 0.4) is 0 Å². The van der Waals surface area contributed by atoms with Crippen LogP contribution in [-0.4, -0.2) is 25.7 Å². The highest BCUT2D eigenvalue weighted by Crippen LogP contribution is 2.33. The number of para-hydroxylation sites is 1. The van der Waals surface area contributed by atoms with Gasteiger partial charge in [-0.2, -0.15) is 0 Å². The molecule has 0 radical (unpaired) electrons. The fourth-order valence-corrected chi connectivity index (χ4v) is 3.96. The maximum Gasteiger partial charge on any atom is 0.319 e. The molecule has 29 heavy (non-hydrogen) atoms. The van der Waals surface area contributed by atoms with Crippen molar-refractivity contribution in [2.24, 2.45) is 5.92 Å². The van der Waals surface area contributed by atoms with Gasteiger partial charge in [0.05, 0.1) is 18.8 Å². The van der Waals surface area contributed by atoms with E-state index in [4.69, 9.17) is 4.74 Å². The van der Waals surface area contributed by atoms with Crippen molar-refractivity contribution in [1.82, 2.24) is 10.6 Å². The highest BCUT2D eigenvalue weighted by Gasteiger charge is 2.40. The first-order valence-corrected chi connectivity index (χ1v) is 9.54. The number of halogens is 1. The molecule has 150 valence electrons. The average molecular weight is 395 g/mol. The van der Waals surface area contributed by atoms with Crippen molar-refractivity contribution in [2.75, 3.05) is 18.6 Å². The zero-order chi connectivity index (χ0) is 20.4. The Kier molecular flexibility index (Phi) is 5.20. The first kappa shape index (κ1) is 19.0. The number of ether oxygens (including phenoxy) is 1. The smallest absolute Gasteiger partial charge is 0.319 e. The van der Waals surface area contributed by atoms with Crippen LogP contribution >= 0.6 is 0 Å². The molecule has 2 aliphatic rings. The van der Waals surface area contributed by atoms with Crippen LogP contribution in [0.25, 0.3) is 0 Å². The van der Waals surface area contributed by atoms with E-state index in [0.717, 1.165) is 25.1 Å². The number of fused-ring (bicyclic) bond motifs is 1. The molecule has 2 N–H and O–H groups in total. The molecule has 4 rings (SSSR count). The molecular formula is C22H22FN3O3. The van der Waals surface area contributed by atoms with Crippen molar-refractivity contribution in [3.63, 3.8) is 0 Å². The van der Waals surface area contributed by atoms with Gasteiger partial charge < -0.3 is 20.3 Å². The average Bonchev–Trinajstić information content (AvgIpc) is 2.74. The number of urea groups is 1. The minimum atomic E-state index is -0.780. The third-order valence-corrected chi connectivity index (χ3v) is 5.34. The van der Waals surface area contributed by atoms with Gasteiger partial charge in [0.25, 0.3) is 0 Å². The Morgan fingerprint density at radius 3 is 2.72 bits per heavy atom. The molecular weight excluding hydrogens is 373 g/mol. The molecule has 2 heterocycles. The summed E-state index contributed by atoms with van der Waals surface area (Å²) < 4.78 is 18.4. The lowest BCUT2D eigenvalue weighted by atomic mass is 9.88. The molecule has 0 bridgehead atoms. The van der Waals surface area contributed by atoms with E-state index in [9.17, 15) is 14.0 Å². The van der Waals surface area contributed by atoms with E-state index in [-0.39, 0.29) is 5.82 Å². The number of aryl methyl sites for hydroxylation is 1. The maximum atomic E-state index is 13.4. The van der Waals surface area contributed by atoms with Gasteiger partial charge in [-0.3, -0.25) is 4.79 Å². The number of carbonyl (C=O) groups excluding carboxylic acids is 2. The molecule has 2 aromatic rings. The summed E-state index contributed by atoms with van der Waals surface area (Å²) in [5, 5.41) is 5.54. The molecule has 2 atom stereocenters. The second kappa shape index (κ2) is 7.95. The Labute approximate surface area is 168 Å². The van der Waals surface area contributed by atoms with Crippen LogP contribution in [0.4, 0.5) is 14.9 Å². The predicted molar refractivity (Wildman–Crippen MR) is 107 cm³/mol. The fraction of sp³-hybridized carbons (Fsp3) is 0.273. The van der Waals surface area contributed by atoms with Gasteiger partial charge in [-0.05, 0) is 42.2 Å². The van der Waals surface area contributed by atoms with Gasteiger partial charge in [0.2, 0.25) is 0 Å². The monoisotopic (exact) mass is 395 g/mol. The highest BCUT2D eigenvalue weighted by atomic mass is 19.1. The van der Waals surface area contributed by atoms with Gasteiger partial charge in [-0.25, -0.2) is 9.18 Å². The first-order valence-electron chi connectivity index (χ1n) is 9.54. The van der Waals surface area contributed by atoms with Crippen LogP contribution in [0, 0.1) is 11.7 Å². The molecule has 7 heteroatoms. The van der Waals surface area contributed by atoms with Crippen LogP contribution in [0.15, 0.2) is 60.4 Å². The topological polar surface area (TPSA) is 70.7 Å². The summed E-state index contributed by atoms with van der Waals surface area (Å²) in [5.74, 6) is -1.65. The summed E-state index contributed by atoms with van der Waals surface area (Å²) in [6.07, 6.45) is 3.77. The van der Waals surface area contributed by atoms with Crippen molar-refractivity contribution in [1.29, 1.82) is 0 Å². The van der Waals surface area contributed by atoms with Crippen molar-refractivity contribution in [3.8, 4) is 0 Å². The minimum Gasteiger partial charge on any atom is -0.468 e. The van der Waals surface area contributed by atoms with Gasteiger partial charge in [0, 0.05) is 18.4 Å². The molecule has 0 spiro atoms. The SMILES string of the molecule is COC(=O)C1/C(=C/N2CCCc3ccccc32)NC(=O)NC1c1ccc(F)cc1. The number of benzene rings is 2. The maximum absolute atomic E-state index is 13.4. The number of nitrogens with one attached hydrogen (secondary N) is 2. The fourth-order valence-electron chi connectivity index (χ4n) is 3.96. The Balaban J connectivity index is 1.74. The molecule has 6 nitrogen and oxygen atoms in total. The number of hydrogen-bond acceptors (Lipinski definition) is 4. The summed E-state index contributed by atoms with van der Waals surface area (Å²) in [6.45, 7) is 0.777. The number of rotatable bonds is 3. The summed E-state index contributed by atoms with van der Waals surface area (Å²) in [6, 6.07) is 12.7. The molecule has 2 aromatic carbocycles. The highest BCUT2D eigenvalue weighted by molar-refractivity contribution is 5.85. The van der Waals surface area contributed by atoms with E-state index in [1.54, 1.807) is 12.1 Å². The normalized spacial score (nSPS) is 22.5. The summed E-state index contributed by atoms with van der Waals surface area (Å²) >= 11 is 0. The van der Waals surface area contributed by atoms with Crippen molar-refractivity contribution < 1.29 is 18.7 Å². The van der Waals surface area contributed by atoms with Gasteiger partial charge >= 0.3 is 12.0 Å². The molecule has 2 amide bonds. The third kappa shape index (κ3) is 3.81. The molecule has 2 unspecified atom stereocenters. The second-order valence-corrected chi connectivity index (χ2v) is 7.14. The van der Waals surface area contributed by atoms with Gasteiger partial charge in [0.1, 0.15) is 11.7 Å². The number of carbonyl (C=O) groups is 2. The van der Waals surface area contributed by atoms with Gasteiger partial charge in [0.15, 0.2) is 0 Å². The lowest BCUT2D eigenvalue weighted by molar-refractivity contribution is -0.145. The van der Waals surface area contributed by atoms with Crippen LogP contribution in [0.2, 0.25) is 0 Å². The van der Waals surface area contributed by atoms with Crippen LogP contribution in [-0.2, 0) is 16.0 Å². The van der Waals surface area contributed by atoms with E-state index in [1.165, 1.54) is 24.8 Å². The number of anilines is 1. The Morgan fingerprint density at radius 2 is 1.97 bits per heavy atom. The zero-order valence-corrected chi connectivity index (χ0v) is 16.0. The van der Waals surface area contributed by atoms with Crippen molar-refractivity contribution >= 4 is 17.7 Å². The quantitative estimate of drug-likeness (QED) is 0.783. The predicted octanol–water partition coefficient (Wildman–Crippen LogP) is 3.26. The number of nitrogens with zero attached hydrogens (tertiary/aromatic N) is 1. The molecule has 1 fully saturated rings. The molecule has 0 aromatic heterocycles. The molecule has 0 aliphatic carbocycles.